The van der Waals surface area contributed by atoms with Gasteiger partial charge in [0.15, 0.2) is 9.84 Å². The van der Waals surface area contributed by atoms with Gasteiger partial charge < -0.3 is 10.5 Å². The number of methoxy groups -OCH3 is 1. The van der Waals surface area contributed by atoms with Crippen LogP contribution >= 0.6 is 0 Å². The van der Waals surface area contributed by atoms with Crippen molar-refractivity contribution < 1.29 is 13.2 Å². The number of nitrogens with zero attached hydrogens (tertiary/aromatic N) is 1. The van der Waals surface area contributed by atoms with Crippen LogP contribution in [0, 0.1) is 0 Å². The van der Waals surface area contributed by atoms with E-state index in [-0.39, 0.29) is 17.0 Å². The third kappa shape index (κ3) is 2.65. The Morgan fingerprint density at radius 3 is 2.47 bits per heavy atom. The van der Waals surface area contributed by atoms with E-state index in [1.807, 2.05) is 0 Å². The molecule has 0 bridgehead atoms. The van der Waals surface area contributed by atoms with Crippen LogP contribution < -0.4 is 5.73 Å². The van der Waals surface area contributed by atoms with Gasteiger partial charge >= 0.3 is 0 Å². The van der Waals surface area contributed by atoms with E-state index in [0.717, 1.165) is 25.9 Å². The fourth-order valence-electron chi connectivity index (χ4n) is 3.00. The summed E-state index contributed by atoms with van der Waals surface area (Å²) >= 11 is 0. The van der Waals surface area contributed by atoms with E-state index >= 15 is 0 Å². The van der Waals surface area contributed by atoms with Gasteiger partial charge in [-0.2, -0.15) is 0 Å². The van der Waals surface area contributed by atoms with Gasteiger partial charge in [0.25, 0.3) is 0 Å². The SMILES string of the molecule is COC1CCN(C2(CN)CCS(=O)(=O)C2)CC1. The molecule has 17 heavy (non-hydrogen) atoms. The third-order valence-corrected chi connectivity index (χ3v) is 6.00. The number of hydrogen-bond donors (Lipinski definition) is 1. The highest BCUT2D eigenvalue weighted by molar-refractivity contribution is 7.91. The zero-order chi connectivity index (χ0) is 12.5. The van der Waals surface area contributed by atoms with Gasteiger partial charge in [0.2, 0.25) is 0 Å². The second-order valence-corrected chi connectivity index (χ2v) is 7.38. The minimum atomic E-state index is -2.89. The summed E-state index contributed by atoms with van der Waals surface area (Å²) in [5.74, 6) is 0.516. The molecule has 2 N–H and O–H groups in total. The first kappa shape index (κ1) is 13.3. The Morgan fingerprint density at radius 2 is 2.06 bits per heavy atom. The van der Waals surface area contributed by atoms with E-state index in [0.29, 0.717) is 19.1 Å². The zero-order valence-electron chi connectivity index (χ0n) is 10.4. The van der Waals surface area contributed by atoms with Gasteiger partial charge in [-0.05, 0) is 19.3 Å². The number of nitrogens with two attached hydrogens (primary N) is 1. The number of likely N-dealkylation sites (tertiary alicyclic amines) is 1. The maximum atomic E-state index is 11.7. The second kappa shape index (κ2) is 4.84. The summed E-state index contributed by atoms with van der Waals surface area (Å²) in [4.78, 5) is 2.27. The minimum Gasteiger partial charge on any atom is -0.381 e. The summed E-state index contributed by atoms with van der Waals surface area (Å²) in [5.41, 5.74) is 5.54. The average molecular weight is 262 g/mol. The lowest BCUT2D eigenvalue weighted by Gasteiger charge is -2.43. The molecule has 2 saturated heterocycles. The van der Waals surface area contributed by atoms with Crippen LogP contribution in [0.25, 0.3) is 0 Å². The van der Waals surface area contributed by atoms with E-state index in [2.05, 4.69) is 4.90 Å². The van der Waals surface area contributed by atoms with Crippen LogP contribution in [0.2, 0.25) is 0 Å². The highest BCUT2D eigenvalue weighted by Crippen LogP contribution is 2.31. The molecule has 2 heterocycles. The molecule has 0 radical (unpaired) electrons. The number of piperidine rings is 1. The fraction of sp³-hybridized carbons (Fsp3) is 1.00. The van der Waals surface area contributed by atoms with Crippen molar-refractivity contribution >= 4 is 9.84 Å². The first-order chi connectivity index (χ1) is 8.01. The summed E-state index contributed by atoms with van der Waals surface area (Å²) in [6.45, 7) is 2.22. The van der Waals surface area contributed by atoms with Crippen LogP contribution in [-0.4, -0.2) is 63.2 Å². The zero-order valence-corrected chi connectivity index (χ0v) is 11.2. The van der Waals surface area contributed by atoms with Crippen LogP contribution in [0.1, 0.15) is 19.3 Å². The topological polar surface area (TPSA) is 72.6 Å². The van der Waals surface area contributed by atoms with Crippen molar-refractivity contribution in [1.29, 1.82) is 0 Å². The summed E-state index contributed by atoms with van der Waals surface area (Å²) < 4.78 is 28.7. The number of rotatable bonds is 3. The maximum Gasteiger partial charge on any atom is 0.152 e. The molecule has 1 unspecified atom stereocenters. The van der Waals surface area contributed by atoms with Crippen LogP contribution in [0.5, 0.6) is 0 Å². The average Bonchev–Trinajstić information content (AvgIpc) is 2.66. The van der Waals surface area contributed by atoms with E-state index in [1.165, 1.54) is 0 Å². The molecular weight excluding hydrogens is 240 g/mol. The van der Waals surface area contributed by atoms with Gasteiger partial charge in [-0.3, -0.25) is 4.90 Å². The van der Waals surface area contributed by atoms with Crippen molar-refractivity contribution in [2.75, 3.05) is 38.2 Å². The number of hydrogen-bond acceptors (Lipinski definition) is 5. The molecule has 100 valence electrons. The Labute approximate surface area is 103 Å². The Balaban J connectivity index is 2.05. The molecule has 0 aromatic rings. The molecule has 2 aliphatic heterocycles. The predicted octanol–water partition coefficient (Wildman–Crippen LogP) is -0.387. The van der Waals surface area contributed by atoms with Gasteiger partial charge in [-0.15, -0.1) is 0 Å². The summed E-state index contributed by atoms with van der Waals surface area (Å²) in [7, 11) is -1.15. The van der Waals surface area contributed by atoms with Crippen LogP contribution in [0.3, 0.4) is 0 Å². The van der Waals surface area contributed by atoms with E-state index < -0.39 is 9.84 Å². The molecule has 0 aromatic carbocycles. The molecule has 1 atom stereocenters. The Morgan fingerprint density at radius 1 is 1.41 bits per heavy atom. The van der Waals surface area contributed by atoms with Crippen LogP contribution in [0.4, 0.5) is 0 Å². The quantitative estimate of drug-likeness (QED) is 0.750. The highest BCUT2D eigenvalue weighted by atomic mass is 32.2. The molecule has 0 amide bonds. The minimum absolute atomic E-state index is 0.230. The molecular formula is C11H22N2O3S. The molecule has 0 aliphatic carbocycles. The molecule has 2 fully saturated rings. The smallest absolute Gasteiger partial charge is 0.152 e. The van der Waals surface area contributed by atoms with Gasteiger partial charge in [0.05, 0.1) is 17.6 Å². The fourth-order valence-corrected chi connectivity index (χ4v) is 5.10. The monoisotopic (exact) mass is 262 g/mol. The lowest BCUT2D eigenvalue weighted by Crippen LogP contribution is -2.57. The Bertz CT molecular complexity index is 363. The highest BCUT2D eigenvalue weighted by Gasteiger charge is 2.46. The van der Waals surface area contributed by atoms with Crippen LogP contribution in [0.15, 0.2) is 0 Å². The lowest BCUT2D eigenvalue weighted by molar-refractivity contribution is 0.00574. The van der Waals surface area contributed by atoms with Crippen LogP contribution in [-0.2, 0) is 14.6 Å². The Hall–Kier alpha value is -0.170. The summed E-state index contributed by atoms with van der Waals surface area (Å²) in [6.07, 6.45) is 2.94. The molecule has 6 heteroatoms. The molecule has 2 rings (SSSR count). The van der Waals surface area contributed by atoms with E-state index in [4.69, 9.17) is 10.5 Å². The van der Waals surface area contributed by atoms with Gasteiger partial charge in [0.1, 0.15) is 0 Å². The third-order valence-electron chi connectivity index (χ3n) is 4.19. The van der Waals surface area contributed by atoms with Crippen molar-refractivity contribution in [3.8, 4) is 0 Å². The largest absolute Gasteiger partial charge is 0.381 e. The van der Waals surface area contributed by atoms with Crippen molar-refractivity contribution in [1.82, 2.24) is 4.90 Å². The van der Waals surface area contributed by atoms with Crippen molar-refractivity contribution in [2.45, 2.75) is 30.9 Å². The number of sulfone groups is 1. The summed E-state index contributed by atoms with van der Waals surface area (Å²) in [5, 5.41) is 0. The molecule has 2 aliphatic rings. The maximum absolute atomic E-state index is 11.7. The van der Waals surface area contributed by atoms with Gasteiger partial charge in [-0.25, -0.2) is 8.42 Å². The first-order valence-corrected chi connectivity index (χ1v) is 8.02. The number of ether oxygens (including phenoxy) is 1. The molecule has 0 saturated carbocycles. The van der Waals surface area contributed by atoms with Gasteiger partial charge in [-0.1, -0.05) is 0 Å². The van der Waals surface area contributed by atoms with Crippen molar-refractivity contribution in [2.24, 2.45) is 5.73 Å². The second-order valence-electron chi connectivity index (χ2n) is 5.19. The van der Waals surface area contributed by atoms with E-state index in [1.54, 1.807) is 7.11 Å². The van der Waals surface area contributed by atoms with E-state index in [9.17, 15) is 8.42 Å². The van der Waals surface area contributed by atoms with Crippen molar-refractivity contribution in [3.63, 3.8) is 0 Å². The summed E-state index contributed by atoms with van der Waals surface area (Å²) in [6, 6.07) is 0. The standard InChI is InChI=1S/C11H22N2O3S/c1-16-10-2-5-13(6-3-10)11(8-12)4-7-17(14,15)9-11/h10H,2-9,12H2,1H3. The van der Waals surface area contributed by atoms with Gasteiger partial charge in [0, 0.05) is 32.3 Å². The normalized spacial score (nSPS) is 35.2. The lowest BCUT2D eigenvalue weighted by atomic mass is 9.93. The Kier molecular flexibility index (Phi) is 3.77. The molecule has 0 spiro atoms. The molecule has 0 aromatic heterocycles. The first-order valence-electron chi connectivity index (χ1n) is 6.20. The predicted molar refractivity (Wildman–Crippen MR) is 66.7 cm³/mol. The molecule has 5 nitrogen and oxygen atoms in total. The van der Waals surface area contributed by atoms with Crippen molar-refractivity contribution in [3.05, 3.63) is 0 Å².